The lowest BCUT2D eigenvalue weighted by Gasteiger charge is -2.28. The van der Waals surface area contributed by atoms with Crippen LogP contribution in [0.25, 0.3) is 0 Å². The van der Waals surface area contributed by atoms with Gasteiger partial charge in [0.2, 0.25) is 11.8 Å². The fourth-order valence-electron chi connectivity index (χ4n) is 4.97. The van der Waals surface area contributed by atoms with Crippen LogP contribution in [0.1, 0.15) is 47.4 Å². The Balaban J connectivity index is 1.42. The van der Waals surface area contributed by atoms with Gasteiger partial charge in [-0.05, 0) is 47.9 Å². The zero-order valence-corrected chi connectivity index (χ0v) is 21.9. The highest BCUT2D eigenvalue weighted by atomic mass is 16.4. The summed E-state index contributed by atoms with van der Waals surface area (Å²) in [6.45, 7) is 1.28. The number of unbranched alkanes of at least 4 members (excludes halogenated alkanes) is 1. The molecule has 1 aliphatic rings. The Morgan fingerprint density at radius 1 is 0.821 bits per heavy atom. The van der Waals surface area contributed by atoms with Crippen molar-refractivity contribution in [2.24, 2.45) is 0 Å². The lowest BCUT2D eigenvalue weighted by atomic mass is 9.91. The molecule has 0 saturated carbocycles. The van der Waals surface area contributed by atoms with Gasteiger partial charge >= 0.3 is 6.09 Å². The number of nitrogens with one attached hydrogen (secondary N) is 4. The molecule has 204 valence electrons. The number of hydrogen-bond acceptors (Lipinski definition) is 4. The minimum atomic E-state index is -1.07. The highest BCUT2D eigenvalue weighted by Gasteiger charge is 2.28. The van der Waals surface area contributed by atoms with E-state index >= 15 is 0 Å². The first-order valence-corrected chi connectivity index (χ1v) is 13.5. The molecule has 0 spiro atoms. The molecule has 5 N–H and O–H groups in total. The van der Waals surface area contributed by atoms with Gasteiger partial charge in [0.15, 0.2) is 0 Å². The van der Waals surface area contributed by atoms with Crippen molar-refractivity contribution in [3.63, 3.8) is 0 Å². The molecule has 0 aromatic heterocycles. The fraction of sp³-hybridized carbons (Fsp3) is 0.323. The minimum Gasteiger partial charge on any atom is -0.465 e. The smallest absolute Gasteiger partial charge is 0.404 e. The maximum atomic E-state index is 13.4. The van der Waals surface area contributed by atoms with Crippen molar-refractivity contribution in [2.75, 3.05) is 13.1 Å². The lowest BCUT2D eigenvalue weighted by molar-refractivity contribution is -0.130. The fourth-order valence-corrected chi connectivity index (χ4v) is 4.97. The Morgan fingerprint density at radius 3 is 2.08 bits per heavy atom. The van der Waals surface area contributed by atoms with Gasteiger partial charge in [0.25, 0.3) is 0 Å². The number of carbonyl (C=O) groups is 3. The largest absolute Gasteiger partial charge is 0.465 e. The molecule has 1 heterocycles. The van der Waals surface area contributed by atoms with Gasteiger partial charge in [0, 0.05) is 25.6 Å². The maximum absolute atomic E-state index is 13.4. The zero-order chi connectivity index (χ0) is 27.5. The second kappa shape index (κ2) is 14.1. The van der Waals surface area contributed by atoms with Crippen LogP contribution in [-0.4, -0.2) is 48.2 Å². The molecule has 3 amide bonds. The molecule has 0 bridgehead atoms. The number of carboxylic acid groups (broad SMARTS) is 1. The molecule has 0 fully saturated rings. The van der Waals surface area contributed by atoms with E-state index in [4.69, 9.17) is 5.11 Å². The van der Waals surface area contributed by atoms with E-state index in [0.29, 0.717) is 45.3 Å². The second-order valence-corrected chi connectivity index (χ2v) is 9.81. The molecule has 3 aromatic rings. The predicted octanol–water partition coefficient (Wildman–Crippen LogP) is 3.57. The molecule has 8 nitrogen and oxygen atoms in total. The first-order chi connectivity index (χ1) is 19.0. The predicted molar refractivity (Wildman–Crippen MR) is 150 cm³/mol. The molecule has 0 unspecified atom stereocenters. The summed E-state index contributed by atoms with van der Waals surface area (Å²) in [6, 6.07) is 26.9. The van der Waals surface area contributed by atoms with Gasteiger partial charge in [-0.25, -0.2) is 4.79 Å². The Morgan fingerprint density at radius 2 is 1.44 bits per heavy atom. The minimum absolute atomic E-state index is 0.0380. The number of carbonyl (C=O) groups excluding carboxylic acids is 2. The summed E-state index contributed by atoms with van der Waals surface area (Å²) in [5.41, 5.74) is 4.49. The van der Waals surface area contributed by atoms with Crippen LogP contribution in [0.2, 0.25) is 0 Å². The van der Waals surface area contributed by atoms with Gasteiger partial charge in [-0.15, -0.1) is 0 Å². The average molecular weight is 529 g/mol. The molecule has 1 aliphatic heterocycles. The van der Waals surface area contributed by atoms with E-state index in [0.717, 1.165) is 16.7 Å². The molecule has 3 aromatic carbocycles. The Hall–Kier alpha value is -4.17. The van der Waals surface area contributed by atoms with E-state index in [-0.39, 0.29) is 17.7 Å². The molecule has 0 aliphatic carbocycles. The third-order valence-electron chi connectivity index (χ3n) is 7.11. The van der Waals surface area contributed by atoms with Gasteiger partial charge in [0.05, 0.1) is 6.04 Å². The standard InChI is InChI=1S/C31H36N4O4/c36-29(34-21-26(22-11-3-1-4-12-22)23-13-5-2-6-14-23)27(17-9-10-18-32-31(38)39)35-30(37)28-19-24-15-7-8-16-25(24)20-33-28/h1-8,11-16,26-28,32-33H,9-10,17-21H2,(H,34,36)(H,35,37)(H,38,39)/t27-,28-/m0/s1. The number of rotatable bonds is 12. The molecular weight excluding hydrogens is 492 g/mol. The van der Waals surface area contributed by atoms with E-state index in [1.807, 2.05) is 84.9 Å². The first kappa shape index (κ1) is 27.9. The highest BCUT2D eigenvalue weighted by Crippen LogP contribution is 2.24. The summed E-state index contributed by atoms with van der Waals surface area (Å²) in [5.74, 6) is -0.498. The van der Waals surface area contributed by atoms with Crippen molar-refractivity contribution in [1.82, 2.24) is 21.3 Å². The summed E-state index contributed by atoms with van der Waals surface area (Å²) in [7, 11) is 0. The van der Waals surface area contributed by atoms with E-state index in [1.165, 1.54) is 5.56 Å². The van der Waals surface area contributed by atoms with E-state index in [2.05, 4.69) is 21.3 Å². The van der Waals surface area contributed by atoms with E-state index in [1.54, 1.807) is 0 Å². The second-order valence-electron chi connectivity index (χ2n) is 9.81. The van der Waals surface area contributed by atoms with Crippen LogP contribution in [0.4, 0.5) is 4.79 Å². The van der Waals surface area contributed by atoms with Gasteiger partial charge in [0.1, 0.15) is 6.04 Å². The quantitative estimate of drug-likeness (QED) is 0.230. The third kappa shape index (κ3) is 8.15. The average Bonchev–Trinajstić information content (AvgIpc) is 2.97. The van der Waals surface area contributed by atoms with Crippen molar-refractivity contribution >= 4 is 17.9 Å². The zero-order valence-electron chi connectivity index (χ0n) is 21.9. The molecule has 0 saturated heterocycles. The highest BCUT2D eigenvalue weighted by molar-refractivity contribution is 5.90. The molecule has 0 radical (unpaired) electrons. The normalized spacial score (nSPS) is 15.2. The maximum Gasteiger partial charge on any atom is 0.404 e. The van der Waals surface area contributed by atoms with Gasteiger partial charge < -0.3 is 26.4 Å². The van der Waals surface area contributed by atoms with E-state index < -0.39 is 18.2 Å². The summed E-state index contributed by atoms with van der Waals surface area (Å²) < 4.78 is 0. The van der Waals surface area contributed by atoms with Crippen LogP contribution in [0.15, 0.2) is 84.9 Å². The molecule has 2 atom stereocenters. The van der Waals surface area contributed by atoms with Gasteiger partial charge in [-0.1, -0.05) is 84.9 Å². The number of amides is 3. The van der Waals surface area contributed by atoms with Crippen LogP contribution in [0.5, 0.6) is 0 Å². The Kier molecular flexibility index (Phi) is 10.1. The molecule has 8 heteroatoms. The SMILES string of the molecule is O=C(O)NCCCC[C@H](NC(=O)[C@@H]1Cc2ccccc2CN1)C(=O)NCC(c1ccccc1)c1ccccc1. The summed E-state index contributed by atoms with van der Waals surface area (Å²) in [5, 5.41) is 20.5. The third-order valence-corrected chi connectivity index (χ3v) is 7.11. The topological polar surface area (TPSA) is 120 Å². The Bertz CT molecular complexity index is 1200. The summed E-state index contributed by atoms with van der Waals surface area (Å²) in [4.78, 5) is 37.4. The number of benzene rings is 3. The number of hydrogen-bond donors (Lipinski definition) is 5. The molecular formula is C31H36N4O4. The number of fused-ring (bicyclic) bond motifs is 1. The van der Waals surface area contributed by atoms with Crippen molar-refractivity contribution in [1.29, 1.82) is 0 Å². The van der Waals surface area contributed by atoms with Gasteiger partial charge in [-0.3, -0.25) is 9.59 Å². The van der Waals surface area contributed by atoms with Crippen molar-refractivity contribution in [3.8, 4) is 0 Å². The van der Waals surface area contributed by atoms with Gasteiger partial charge in [-0.2, -0.15) is 0 Å². The monoisotopic (exact) mass is 528 g/mol. The van der Waals surface area contributed by atoms with Crippen molar-refractivity contribution in [3.05, 3.63) is 107 Å². The molecule has 4 rings (SSSR count). The van der Waals surface area contributed by atoms with Crippen LogP contribution >= 0.6 is 0 Å². The van der Waals surface area contributed by atoms with Crippen molar-refractivity contribution < 1.29 is 19.5 Å². The van der Waals surface area contributed by atoms with E-state index in [9.17, 15) is 14.4 Å². The first-order valence-electron chi connectivity index (χ1n) is 13.5. The van der Waals surface area contributed by atoms with Crippen molar-refractivity contribution in [2.45, 2.75) is 50.2 Å². The Labute approximate surface area is 229 Å². The molecule has 39 heavy (non-hydrogen) atoms. The van der Waals surface area contributed by atoms with Crippen LogP contribution in [-0.2, 0) is 22.6 Å². The van der Waals surface area contributed by atoms with Crippen LogP contribution < -0.4 is 21.3 Å². The van der Waals surface area contributed by atoms with Crippen LogP contribution in [0, 0.1) is 0 Å². The van der Waals surface area contributed by atoms with Crippen LogP contribution in [0.3, 0.4) is 0 Å². The summed E-state index contributed by atoms with van der Waals surface area (Å²) >= 11 is 0. The lowest BCUT2D eigenvalue weighted by Crippen LogP contribution is -2.54. The summed E-state index contributed by atoms with van der Waals surface area (Å²) in [6.07, 6.45) is 1.04.